The number of carbonyl (C=O) groups excluding carboxylic acids is 1. The van der Waals surface area contributed by atoms with Crippen LogP contribution in [0.4, 0.5) is 0 Å². The van der Waals surface area contributed by atoms with Crippen molar-refractivity contribution >= 4 is 5.97 Å². The van der Waals surface area contributed by atoms with Crippen LogP contribution >= 0.6 is 0 Å². The van der Waals surface area contributed by atoms with Gasteiger partial charge in [-0.25, -0.2) is 4.68 Å². The predicted molar refractivity (Wildman–Crippen MR) is 90.2 cm³/mol. The summed E-state index contributed by atoms with van der Waals surface area (Å²) >= 11 is 0. The molecule has 0 fully saturated rings. The Morgan fingerprint density at radius 1 is 1.08 bits per heavy atom. The lowest BCUT2D eigenvalue weighted by Crippen LogP contribution is -2.27. The second-order valence-electron chi connectivity index (χ2n) is 4.93. The SMILES string of the molecule is CCOC(=O)Cn1nc(-c2cc(OC)c(OC)c(OC)c2)ccc1=O. The van der Waals surface area contributed by atoms with Gasteiger partial charge >= 0.3 is 5.97 Å². The lowest BCUT2D eigenvalue weighted by atomic mass is 10.1. The molecular formula is C17H20N2O6. The van der Waals surface area contributed by atoms with Gasteiger partial charge in [0.1, 0.15) is 6.54 Å². The van der Waals surface area contributed by atoms with Gasteiger partial charge in [-0.05, 0) is 25.1 Å². The van der Waals surface area contributed by atoms with Crippen LogP contribution < -0.4 is 19.8 Å². The largest absolute Gasteiger partial charge is 0.493 e. The number of carbonyl (C=O) groups is 1. The molecular weight excluding hydrogens is 328 g/mol. The first-order valence-electron chi connectivity index (χ1n) is 7.58. The first-order valence-corrected chi connectivity index (χ1v) is 7.58. The van der Waals surface area contributed by atoms with E-state index in [0.717, 1.165) is 4.68 Å². The molecule has 0 aliphatic carbocycles. The number of aromatic nitrogens is 2. The van der Waals surface area contributed by atoms with Gasteiger partial charge in [0.25, 0.3) is 5.56 Å². The summed E-state index contributed by atoms with van der Waals surface area (Å²) < 4.78 is 21.8. The first-order chi connectivity index (χ1) is 12.0. The molecule has 0 unspecified atom stereocenters. The molecule has 8 heteroatoms. The van der Waals surface area contributed by atoms with E-state index >= 15 is 0 Å². The smallest absolute Gasteiger partial charge is 0.327 e. The molecule has 1 heterocycles. The third kappa shape index (κ3) is 4.09. The van der Waals surface area contributed by atoms with Crippen molar-refractivity contribution in [3.8, 4) is 28.5 Å². The Labute approximate surface area is 144 Å². The van der Waals surface area contributed by atoms with Crippen LogP contribution in [0.5, 0.6) is 17.2 Å². The van der Waals surface area contributed by atoms with Crippen LogP contribution in [0.2, 0.25) is 0 Å². The molecule has 1 aromatic heterocycles. The Balaban J connectivity index is 2.48. The van der Waals surface area contributed by atoms with Crippen molar-refractivity contribution in [2.45, 2.75) is 13.5 Å². The summed E-state index contributed by atoms with van der Waals surface area (Å²) in [4.78, 5) is 23.5. The van der Waals surface area contributed by atoms with Gasteiger partial charge in [-0.1, -0.05) is 0 Å². The zero-order valence-corrected chi connectivity index (χ0v) is 14.6. The molecule has 0 saturated carbocycles. The van der Waals surface area contributed by atoms with Crippen molar-refractivity contribution < 1.29 is 23.7 Å². The fourth-order valence-corrected chi connectivity index (χ4v) is 2.27. The number of benzene rings is 1. The molecule has 25 heavy (non-hydrogen) atoms. The number of hydrogen-bond acceptors (Lipinski definition) is 7. The van der Waals surface area contributed by atoms with Gasteiger partial charge in [0, 0.05) is 11.6 Å². The van der Waals surface area contributed by atoms with Crippen molar-refractivity contribution in [1.29, 1.82) is 0 Å². The Hall–Kier alpha value is -3.03. The van der Waals surface area contributed by atoms with Crippen LogP contribution in [-0.2, 0) is 16.1 Å². The molecule has 1 aromatic carbocycles. The molecule has 0 amide bonds. The maximum atomic E-state index is 11.9. The Morgan fingerprint density at radius 2 is 1.72 bits per heavy atom. The van der Waals surface area contributed by atoms with Crippen LogP contribution in [0.3, 0.4) is 0 Å². The van der Waals surface area contributed by atoms with Gasteiger partial charge in [-0.3, -0.25) is 9.59 Å². The molecule has 0 aliphatic rings. The third-order valence-corrected chi connectivity index (χ3v) is 3.41. The van der Waals surface area contributed by atoms with Crippen molar-refractivity contribution in [2.75, 3.05) is 27.9 Å². The van der Waals surface area contributed by atoms with E-state index in [-0.39, 0.29) is 13.2 Å². The fourth-order valence-electron chi connectivity index (χ4n) is 2.27. The van der Waals surface area contributed by atoms with E-state index in [1.54, 1.807) is 25.1 Å². The number of methoxy groups -OCH3 is 3. The quantitative estimate of drug-likeness (QED) is 0.701. The topological polar surface area (TPSA) is 88.9 Å². The second-order valence-corrected chi connectivity index (χ2v) is 4.93. The van der Waals surface area contributed by atoms with Crippen molar-refractivity contribution in [3.63, 3.8) is 0 Å². The average molecular weight is 348 g/mol. The van der Waals surface area contributed by atoms with Crippen LogP contribution in [-0.4, -0.2) is 43.7 Å². The Bertz CT molecular complexity index is 790. The van der Waals surface area contributed by atoms with Crippen molar-refractivity contribution in [2.24, 2.45) is 0 Å². The zero-order valence-electron chi connectivity index (χ0n) is 14.6. The molecule has 0 N–H and O–H groups in total. The Morgan fingerprint density at radius 3 is 2.24 bits per heavy atom. The average Bonchev–Trinajstić information content (AvgIpc) is 2.62. The van der Waals surface area contributed by atoms with E-state index in [0.29, 0.717) is 28.5 Å². The number of ether oxygens (including phenoxy) is 4. The predicted octanol–water partition coefficient (Wildman–Crippen LogP) is 1.50. The number of rotatable bonds is 7. The Kier molecular flexibility index (Phi) is 5.99. The van der Waals surface area contributed by atoms with E-state index in [1.165, 1.54) is 27.4 Å². The van der Waals surface area contributed by atoms with Crippen molar-refractivity contribution in [3.05, 3.63) is 34.6 Å². The van der Waals surface area contributed by atoms with Crippen molar-refractivity contribution in [1.82, 2.24) is 9.78 Å². The third-order valence-electron chi connectivity index (χ3n) is 3.41. The number of nitrogens with zero attached hydrogens (tertiary/aromatic N) is 2. The standard InChI is InChI=1S/C17H20N2O6/c1-5-25-16(21)10-19-15(20)7-6-12(18-19)11-8-13(22-2)17(24-4)14(9-11)23-3/h6-9H,5,10H2,1-4H3. The lowest BCUT2D eigenvalue weighted by Gasteiger charge is -2.14. The van der Waals surface area contributed by atoms with E-state index in [4.69, 9.17) is 18.9 Å². The van der Waals surface area contributed by atoms with Crippen LogP contribution in [0, 0.1) is 0 Å². The van der Waals surface area contributed by atoms with Gasteiger partial charge in [-0.2, -0.15) is 5.10 Å². The molecule has 0 radical (unpaired) electrons. The molecule has 0 bridgehead atoms. The summed E-state index contributed by atoms with van der Waals surface area (Å²) in [7, 11) is 4.53. The minimum atomic E-state index is -0.529. The number of hydrogen-bond donors (Lipinski definition) is 0. The first kappa shape index (κ1) is 18.3. The minimum Gasteiger partial charge on any atom is -0.493 e. The maximum absolute atomic E-state index is 11.9. The molecule has 0 saturated heterocycles. The van der Waals surface area contributed by atoms with Crippen LogP contribution in [0.1, 0.15) is 6.92 Å². The molecule has 134 valence electrons. The highest BCUT2D eigenvalue weighted by Crippen LogP contribution is 2.40. The molecule has 8 nitrogen and oxygen atoms in total. The highest BCUT2D eigenvalue weighted by atomic mass is 16.5. The molecule has 0 aliphatic heterocycles. The minimum absolute atomic E-state index is 0.236. The van der Waals surface area contributed by atoms with Crippen LogP contribution in [0.25, 0.3) is 11.3 Å². The van der Waals surface area contributed by atoms with E-state index < -0.39 is 11.5 Å². The lowest BCUT2D eigenvalue weighted by molar-refractivity contribution is -0.144. The summed E-state index contributed by atoms with van der Waals surface area (Å²) in [6.45, 7) is 1.67. The molecule has 2 aromatic rings. The highest BCUT2D eigenvalue weighted by molar-refractivity contribution is 5.70. The molecule has 2 rings (SSSR count). The van der Waals surface area contributed by atoms with Gasteiger partial charge < -0.3 is 18.9 Å². The van der Waals surface area contributed by atoms with E-state index in [1.807, 2.05) is 0 Å². The summed E-state index contributed by atoms with van der Waals surface area (Å²) in [5, 5.41) is 4.22. The monoisotopic (exact) mass is 348 g/mol. The van der Waals surface area contributed by atoms with Gasteiger partial charge in [0.15, 0.2) is 11.5 Å². The normalized spacial score (nSPS) is 10.2. The zero-order chi connectivity index (χ0) is 18.4. The van der Waals surface area contributed by atoms with Crippen LogP contribution in [0.15, 0.2) is 29.1 Å². The fraction of sp³-hybridized carbons (Fsp3) is 0.353. The highest BCUT2D eigenvalue weighted by Gasteiger charge is 2.16. The second kappa shape index (κ2) is 8.18. The summed E-state index contributed by atoms with van der Waals surface area (Å²) in [6.07, 6.45) is 0. The summed E-state index contributed by atoms with van der Waals surface area (Å²) in [6, 6.07) is 6.32. The number of esters is 1. The summed E-state index contributed by atoms with van der Waals surface area (Å²) in [5.41, 5.74) is 0.722. The maximum Gasteiger partial charge on any atom is 0.327 e. The van der Waals surface area contributed by atoms with Gasteiger partial charge in [0.05, 0.1) is 33.6 Å². The van der Waals surface area contributed by atoms with Gasteiger partial charge in [0.2, 0.25) is 5.75 Å². The summed E-state index contributed by atoms with van der Waals surface area (Å²) in [5.74, 6) is 0.844. The molecule has 0 atom stereocenters. The van der Waals surface area contributed by atoms with E-state index in [9.17, 15) is 9.59 Å². The molecule has 0 spiro atoms. The van der Waals surface area contributed by atoms with E-state index in [2.05, 4.69) is 5.10 Å². The van der Waals surface area contributed by atoms with Gasteiger partial charge in [-0.15, -0.1) is 0 Å².